The van der Waals surface area contributed by atoms with Gasteiger partial charge in [-0.25, -0.2) is 14.6 Å². The number of nitrogens with zero attached hydrogens (tertiary/aromatic N) is 1. The van der Waals surface area contributed by atoms with Gasteiger partial charge in [-0.2, -0.15) is 5.10 Å². The van der Waals surface area contributed by atoms with Gasteiger partial charge in [-0.3, -0.25) is 9.59 Å². The molecule has 0 bridgehead atoms. The second-order valence-electron chi connectivity index (χ2n) is 4.75. The van der Waals surface area contributed by atoms with Crippen molar-refractivity contribution in [3.05, 3.63) is 65.5 Å². The van der Waals surface area contributed by atoms with E-state index >= 15 is 0 Å². The number of esters is 1. The maximum atomic E-state index is 13.4. The molecule has 2 aromatic carbocycles. The van der Waals surface area contributed by atoms with Crippen molar-refractivity contribution in [1.29, 1.82) is 0 Å². The molecule has 2 amide bonds. The van der Waals surface area contributed by atoms with Crippen LogP contribution >= 0.6 is 0 Å². The Morgan fingerprint density at radius 2 is 1.72 bits per heavy atom. The fraction of sp³-hybridized carbons (Fsp3) is 0.0588. The van der Waals surface area contributed by atoms with E-state index in [1.807, 2.05) is 5.43 Å². The van der Waals surface area contributed by atoms with Crippen LogP contribution in [0.25, 0.3) is 0 Å². The Hall–Kier alpha value is -3.55. The summed E-state index contributed by atoms with van der Waals surface area (Å²) in [5.41, 5.74) is 2.87. The SMILES string of the molecule is COC(=O)c1ccc(/C=N\NC(=O)C(=O)Nc2ccccc2F)cc1. The molecule has 0 atom stereocenters. The number of ether oxygens (including phenoxy) is 1. The summed E-state index contributed by atoms with van der Waals surface area (Å²) in [5.74, 6) is -3.23. The van der Waals surface area contributed by atoms with Crippen LogP contribution in [0.5, 0.6) is 0 Å². The summed E-state index contributed by atoms with van der Waals surface area (Å²) in [6.07, 6.45) is 1.29. The van der Waals surface area contributed by atoms with Gasteiger partial charge in [0.05, 0.1) is 24.6 Å². The lowest BCUT2D eigenvalue weighted by atomic mass is 10.1. The molecule has 2 aromatic rings. The van der Waals surface area contributed by atoms with E-state index in [2.05, 4.69) is 15.2 Å². The zero-order valence-electron chi connectivity index (χ0n) is 13.2. The number of hydrogen-bond donors (Lipinski definition) is 2. The largest absolute Gasteiger partial charge is 0.465 e. The number of amides is 2. The maximum absolute atomic E-state index is 13.4. The van der Waals surface area contributed by atoms with Gasteiger partial charge in [0.2, 0.25) is 0 Å². The first-order chi connectivity index (χ1) is 12.0. The highest BCUT2D eigenvalue weighted by atomic mass is 19.1. The normalized spacial score (nSPS) is 10.3. The van der Waals surface area contributed by atoms with E-state index < -0.39 is 23.6 Å². The number of rotatable bonds is 4. The molecule has 128 valence electrons. The molecule has 0 radical (unpaired) electrons. The molecule has 0 aliphatic heterocycles. The van der Waals surface area contributed by atoms with Crippen LogP contribution in [0.4, 0.5) is 10.1 Å². The Labute approximate surface area is 142 Å². The number of hydrazone groups is 1. The van der Waals surface area contributed by atoms with Crippen LogP contribution in [-0.2, 0) is 14.3 Å². The van der Waals surface area contributed by atoms with Gasteiger partial charge < -0.3 is 10.1 Å². The van der Waals surface area contributed by atoms with Gasteiger partial charge in [0.1, 0.15) is 5.82 Å². The average molecular weight is 343 g/mol. The fourth-order valence-corrected chi connectivity index (χ4v) is 1.78. The van der Waals surface area contributed by atoms with Crippen molar-refractivity contribution < 1.29 is 23.5 Å². The van der Waals surface area contributed by atoms with Crippen molar-refractivity contribution in [2.45, 2.75) is 0 Å². The molecule has 7 nitrogen and oxygen atoms in total. The van der Waals surface area contributed by atoms with Crippen molar-refractivity contribution in [3.8, 4) is 0 Å². The van der Waals surface area contributed by atoms with E-state index in [0.717, 1.165) is 6.07 Å². The van der Waals surface area contributed by atoms with E-state index in [1.54, 1.807) is 12.1 Å². The lowest BCUT2D eigenvalue weighted by molar-refractivity contribution is -0.136. The molecule has 0 fully saturated rings. The summed E-state index contributed by atoms with van der Waals surface area (Å²) in [7, 11) is 1.28. The summed E-state index contributed by atoms with van der Waals surface area (Å²) >= 11 is 0. The molecular formula is C17H14FN3O4. The molecule has 0 heterocycles. The first-order valence-corrected chi connectivity index (χ1v) is 7.08. The Kier molecular flexibility index (Phi) is 5.94. The van der Waals surface area contributed by atoms with Crippen LogP contribution in [0.3, 0.4) is 0 Å². The van der Waals surface area contributed by atoms with Crippen molar-refractivity contribution in [3.63, 3.8) is 0 Å². The molecule has 8 heteroatoms. The number of halogens is 1. The molecule has 0 saturated carbocycles. The van der Waals surface area contributed by atoms with Crippen LogP contribution in [0.15, 0.2) is 53.6 Å². The highest BCUT2D eigenvalue weighted by Crippen LogP contribution is 2.11. The number of nitrogens with one attached hydrogen (secondary N) is 2. The maximum Gasteiger partial charge on any atom is 0.337 e. The second-order valence-corrected chi connectivity index (χ2v) is 4.75. The predicted molar refractivity (Wildman–Crippen MR) is 88.5 cm³/mol. The van der Waals surface area contributed by atoms with Gasteiger partial charge in [-0.05, 0) is 29.8 Å². The highest BCUT2D eigenvalue weighted by molar-refractivity contribution is 6.39. The molecule has 2 N–H and O–H groups in total. The topological polar surface area (TPSA) is 96.9 Å². The molecular weight excluding hydrogens is 329 g/mol. The first-order valence-electron chi connectivity index (χ1n) is 7.08. The third kappa shape index (κ3) is 4.96. The van der Waals surface area contributed by atoms with Crippen molar-refractivity contribution >= 4 is 29.7 Å². The molecule has 0 aromatic heterocycles. The summed E-state index contributed by atoms with van der Waals surface area (Å²) in [6, 6.07) is 11.7. The zero-order valence-corrected chi connectivity index (χ0v) is 13.2. The molecule has 0 aliphatic rings. The smallest absolute Gasteiger partial charge is 0.337 e. The Balaban J connectivity index is 1.90. The number of benzene rings is 2. The average Bonchev–Trinajstić information content (AvgIpc) is 2.63. The molecule has 0 unspecified atom stereocenters. The van der Waals surface area contributed by atoms with Crippen LogP contribution < -0.4 is 10.7 Å². The number of methoxy groups -OCH3 is 1. The van der Waals surface area contributed by atoms with Gasteiger partial charge in [-0.1, -0.05) is 24.3 Å². The lowest BCUT2D eigenvalue weighted by Crippen LogP contribution is -2.32. The van der Waals surface area contributed by atoms with Crippen molar-refractivity contribution in [1.82, 2.24) is 5.43 Å². The van der Waals surface area contributed by atoms with Crippen LogP contribution in [0, 0.1) is 5.82 Å². The quantitative estimate of drug-likeness (QED) is 0.382. The fourth-order valence-electron chi connectivity index (χ4n) is 1.78. The number of carbonyl (C=O) groups excluding carboxylic acids is 3. The van der Waals surface area contributed by atoms with Crippen LogP contribution in [0.2, 0.25) is 0 Å². The third-order valence-electron chi connectivity index (χ3n) is 3.04. The van der Waals surface area contributed by atoms with E-state index in [-0.39, 0.29) is 5.69 Å². The van der Waals surface area contributed by atoms with Gasteiger partial charge in [0.25, 0.3) is 0 Å². The van der Waals surface area contributed by atoms with Crippen LogP contribution in [0.1, 0.15) is 15.9 Å². The summed E-state index contributed by atoms with van der Waals surface area (Å²) in [4.78, 5) is 34.5. The van der Waals surface area contributed by atoms with Gasteiger partial charge in [0.15, 0.2) is 0 Å². The van der Waals surface area contributed by atoms with E-state index in [0.29, 0.717) is 11.1 Å². The molecule has 25 heavy (non-hydrogen) atoms. The zero-order chi connectivity index (χ0) is 18.2. The number of hydrogen-bond acceptors (Lipinski definition) is 5. The summed E-state index contributed by atoms with van der Waals surface area (Å²) in [5, 5.41) is 5.76. The molecule has 0 saturated heterocycles. The van der Waals surface area contributed by atoms with E-state index in [1.165, 1.54) is 43.7 Å². The molecule has 2 rings (SSSR count). The van der Waals surface area contributed by atoms with Crippen molar-refractivity contribution in [2.75, 3.05) is 12.4 Å². The Bertz CT molecular complexity index is 819. The van der Waals surface area contributed by atoms with Gasteiger partial charge in [0, 0.05) is 0 Å². The third-order valence-corrected chi connectivity index (χ3v) is 3.04. The highest BCUT2D eigenvalue weighted by Gasteiger charge is 2.14. The minimum Gasteiger partial charge on any atom is -0.465 e. The predicted octanol–water partition coefficient (Wildman–Crippen LogP) is 1.70. The lowest BCUT2D eigenvalue weighted by Gasteiger charge is -2.04. The minimum atomic E-state index is -1.05. The number of anilines is 1. The summed E-state index contributed by atoms with van der Waals surface area (Å²) < 4.78 is 18.0. The van der Waals surface area contributed by atoms with Crippen LogP contribution in [-0.4, -0.2) is 31.1 Å². The van der Waals surface area contributed by atoms with E-state index in [9.17, 15) is 18.8 Å². The number of carbonyl (C=O) groups is 3. The Morgan fingerprint density at radius 1 is 1.04 bits per heavy atom. The van der Waals surface area contributed by atoms with Gasteiger partial charge >= 0.3 is 17.8 Å². The second kappa shape index (κ2) is 8.34. The standard InChI is InChI=1S/C17H14FN3O4/c1-25-17(24)12-8-6-11(7-9-12)10-19-21-16(23)15(22)20-14-5-3-2-4-13(14)18/h2-10H,1H3,(H,20,22)(H,21,23)/b19-10-. The monoisotopic (exact) mass is 343 g/mol. The summed E-state index contributed by atoms with van der Waals surface area (Å²) in [6.45, 7) is 0. The van der Waals surface area contributed by atoms with Gasteiger partial charge in [-0.15, -0.1) is 0 Å². The van der Waals surface area contributed by atoms with E-state index in [4.69, 9.17) is 0 Å². The molecule has 0 spiro atoms. The minimum absolute atomic E-state index is 0.106. The number of para-hydroxylation sites is 1. The first kappa shape index (κ1) is 17.8. The van der Waals surface area contributed by atoms with Crippen molar-refractivity contribution in [2.24, 2.45) is 5.10 Å². The molecule has 0 aliphatic carbocycles. The Morgan fingerprint density at radius 3 is 2.36 bits per heavy atom.